The molecule has 0 saturated carbocycles. The molecule has 21 heavy (non-hydrogen) atoms. The topological polar surface area (TPSA) is 48.1 Å². The molecule has 2 N–H and O–H groups in total. The molecule has 0 atom stereocenters. The summed E-state index contributed by atoms with van der Waals surface area (Å²) in [5.74, 6) is 0.892. The van der Waals surface area contributed by atoms with Gasteiger partial charge in [-0.3, -0.25) is 0 Å². The fraction of sp³-hybridized carbons (Fsp3) is 0.118. The normalized spacial score (nSPS) is 10.5. The van der Waals surface area contributed by atoms with E-state index in [1.807, 2.05) is 36.4 Å². The largest absolute Gasteiger partial charge is 0.496 e. The summed E-state index contributed by atoms with van der Waals surface area (Å²) in [6.45, 7) is 0. The fourth-order valence-corrected chi connectivity index (χ4v) is 3.21. The molecule has 0 fully saturated rings. The Morgan fingerprint density at radius 1 is 1.05 bits per heavy atom. The van der Waals surface area contributed by atoms with Crippen LogP contribution in [0.4, 0.5) is 5.13 Å². The van der Waals surface area contributed by atoms with Crippen LogP contribution in [0.1, 0.15) is 10.4 Å². The summed E-state index contributed by atoms with van der Waals surface area (Å²) in [4.78, 5) is 5.64. The molecular weight excluding hydrogens is 280 g/mol. The van der Waals surface area contributed by atoms with Gasteiger partial charge in [-0.15, -0.1) is 11.3 Å². The Morgan fingerprint density at radius 3 is 2.52 bits per heavy atom. The molecule has 3 aromatic rings. The molecule has 2 aromatic carbocycles. The van der Waals surface area contributed by atoms with E-state index in [1.165, 1.54) is 11.3 Å². The Labute approximate surface area is 128 Å². The standard InChI is InChI=1S/C17H16N2OS/c1-20-14-10-6-5-9-13(14)11-15-16(19-17(18)21-15)12-7-3-2-4-8-12/h2-10H,11H2,1H3,(H2,18,19). The third-order valence-corrected chi connectivity index (χ3v) is 4.19. The average molecular weight is 296 g/mol. The van der Waals surface area contributed by atoms with E-state index in [-0.39, 0.29) is 0 Å². The lowest BCUT2D eigenvalue weighted by Crippen LogP contribution is -1.93. The highest BCUT2D eigenvalue weighted by Gasteiger charge is 2.13. The zero-order chi connectivity index (χ0) is 14.7. The Morgan fingerprint density at radius 2 is 1.76 bits per heavy atom. The van der Waals surface area contributed by atoms with Crippen LogP contribution in [0.25, 0.3) is 11.3 Å². The number of nitrogen functional groups attached to an aromatic ring is 1. The predicted molar refractivity (Wildman–Crippen MR) is 87.8 cm³/mol. The van der Waals surface area contributed by atoms with E-state index in [0.29, 0.717) is 5.13 Å². The van der Waals surface area contributed by atoms with Gasteiger partial charge < -0.3 is 10.5 Å². The van der Waals surface area contributed by atoms with Gasteiger partial charge in [0, 0.05) is 16.9 Å². The minimum absolute atomic E-state index is 0.596. The van der Waals surface area contributed by atoms with E-state index in [4.69, 9.17) is 10.5 Å². The van der Waals surface area contributed by atoms with E-state index < -0.39 is 0 Å². The third kappa shape index (κ3) is 2.90. The fourth-order valence-electron chi connectivity index (χ4n) is 2.33. The van der Waals surface area contributed by atoms with Gasteiger partial charge in [-0.05, 0) is 11.6 Å². The molecule has 0 unspecified atom stereocenters. The first-order chi connectivity index (χ1) is 10.3. The molecule has 0 aliphatic rings. The highest BCUT2D eigenvalue weighted by molar-refractivity contribution is 7.15. The summed E-state index contributed by atoms with van der Waals surface area (Å²) < 4.78 is 5.42. The highest BCUT2D eigenvalue weighted by Crippen LogP contribution is 2.33. The lowest BCUT2D eigenvalue weighted by Gasteiger charge is -2.08. The molecule has 4 heteroatoms. The average Bonchev–Trinajstić information content (AvgIpc) is 2.89. The van der Waals surface area contributed by atoms with Gasteiger partial charge in [0.05, 0.1) is 12.8 Å². The number of ether oxygens (including phenoxy) is 1. The monoisotopic (exact) mass is 296 g/mol. The molecule has 0 bridgehead atoms. The van der Waals surface area contributed by atoms with Crippen molar-refractivity contribution in [2.24, 2.45) is 0 Å². The number of anilines is 1. The molecule has 1 aromatic heterocycles. The second-order valence-corrected chi connectivity index (χ2v) is 5.79. The van der Waals surface area contributed by atoms with Gasteiger partial charge in [0.1, 0.15) is 5.75 Å². The predicted octanol–water partition coefficient (Wildman–Crippen LogP) is 3.99. The number of para-hydroxylation sites is 1. The molecule has 1 heterocycles. The van der Waals surface area contributed by atoms with Crippen molar-refractivity contribution in [1.29, 1.82) is 0 Å². The van der Waals surface area contributed by atoms with E-state index in [2.05, 4.69) is 23.2 Å². The molecule has 0 amide bonds. The van der Waals surface area contributed by atoms with Crippen molar-refractivity contribution < 1.29 is 4.74 Å². The second-order valence-electron chi connectivity index (χ2n) is 4.68. The zero-order valence-electron chi connectivity index (χ0n) is 11.7. The molecule has 0 aliphatic heterocycles. The van der Waals surface area contributed by atoms with Gasteiger partial charge in [0.25, 0.3) is 0 Å². The molecular formula is C17H16N2OS. The Balaban J connectivity index is 2.00. The summed E-state index contributed by atoms with van der Waals surface area (Å²) in [6.07, 6.45) is 0.767. The molecule has 3 rings (SSSR count). The van der Waals surface area contributed by atoms with Gasteiger partial charge in [-0.2, -0.15) is 0 Å². The van der Waals surface area contributed by atoms with Crippen molar-refractivity contribution in [1.82, 2.24) is 4.98 Å². The summed E-state index contributed by atoms with van der Waals surface area (Å²) in [7, 11) is 1.69. The van der Waals surface area contributed by atoms with Gasteiger partial charge in [-0.25, -0.2) is 4.98 Å². The van der Waals surface area contributed by atoms with Crippen LogP contribution in [0.3, 0.4) is 0 Å². The number of hydrogen-bond donors (Lipinski definition) is 1. The highest BCUT2D eigenvalue weighted by atomic mass is 32.1. The van der Waals surface area contributed by atoms with E-state index in [1.54, 1.807) is 7.11 Å². The summed E-state index contributed by atoms with van der Waals surface area (Å²) in [5, 5.41) is 0.596. The summed E-state index contributed by atoms with van der Waals surface area (Å²) >= 11 is 1.53. The molecule has 0 radical (unpaired) electrons. The number of nitrogens with two attached hydrogens (primary N) is 1. The number of nitrogens with zero attached hydrogens (tertiary/aromatic N) is 1. The maximum absolute atomic E-state index is 5.92. The zero-order valence-corrected chi connectivity index (χ0v) is 12.6. The van der Waals surface area contributed by atoms with Crippen LogP contribution in [0.15, 0.2) is 54.6 Å². The number of aromatic nitrogens is 1. The number of methoxy groups -OCH3 is 1. The Kier molecular flexibility index (Phi) is 3.88. The molecule has 3 nitrogen and oxygen atoms in total. The first kappa shape index (κ1) is 13.6. The quantitative estimate of drug-likeness (QED) is 0.792. The lowest BCUT2D eigenvalue weighted by atomic mass is 10.1. The second kappa shape index (κ2) is 5.97. The van der Waals surface area contributed by atoms with Crippen molar-refractivity contribution in [2.45, 2.75) is 6.42 Å². The third-order valence-electron chi connectivity index (χ3n) is 3.30. The SMILES string of the molecule is COc1ccccc1Cc1sc(N)nc1-c1ccccc1. The van der Waals surface area contributed by atoms with Crippen LogP contribution in [-0.4, -0.2) is 12.1 Å². The van der Waals surface area contributed by atoms with Crippen molar-refractivity contribution in [3.63, 3.8) is 0 Å². The van der Waals surface area contributed by atoms with Crippen molar-refractivity contribution in [3.8, 4) is 17.0 Å². The molecule has 0 saturated heterocycles. The number of rotatable bonds is 4. The van der Waals surface area contributed by atoms with E-state index >= 15 is 0 Å². The molecule has 0 aliphatic carbocycles. The van der Waals surface area contributed by atoms with Crippen molar-refractivity contribution in [2.75, 3.05) is 12.8 Å². The Bertz CT molecular complexity index is 738. The lowest BCUT2D eigenvalue weighted by molar-refractivity contribution is 0.410. The van der Waals surface area contributed by atoms with Crippen LogP contribution < -0.4 is 10.5 Å². The van der Waals surface area contributed by atoms with E-state index in [0.717, 1.165) is 33.9 Å². The van der Waals surface area contributed by atoms with E-state index in [9.17, 15) is 0 Å². The minimum atomic E-state index is 0.596. The maximum atomic E-state index is 5.92. The van der Waals surface area contributed by atoms with Crippen LogP contribution >= 0.6 is 11.3 Å². The van der Waals surface area contributed by atoms with Crippen LogP contribution in [-0.2, 0) is 6.42 Å². The van der Waals surface area contributed by atoms with Crippen molar-refractivity contribution in [3.05, 3.63) is 65.0 Å². The smallest absolute Gasteiger partial charge is 0.180 e. The number of thiazole rings is 1. The molecule has 106 valence electrons. The van der Waals surface area contributed by atoms with Gasteiger partial charge in [0.15, 0.2) is 5.13 Å². The van der Waals surface area contributed by atoms with Crippen LogP contribution in [0, 0.1) is 0 Å². The van der Waals surface area contributed by atoms with Gasteiger partial charge in [0.2, 0.25) is 0 Å². The molecule has 0 spiro atoms. The van der Waals surface area contributed by atoms with Gasteiger partial charge >= 0.3 is 0 Å². The van der Waals surface area contributed by atoms with Crippen molar-refractivity contribution >= 4 is 16.5 Å². The van der Waals surface area contributed by atoms with Gasteiger partial charge in [-0.1, -0.05) is 48.5 Å². The summed E-state index contributed by atoms with van der Waals surface area (Å²) in [5.41, 5.74) is 9.11. The maximum Gasteiger partial charge on any atom is 0.180 e. The number of hydrogen-bond acceptors (Lipinski definition) is 4. The first-order valence-electron chi connectivity index (χ1n) is 6.70. The van der Waals surface area contributed by atoms with Crippen LogP contribution in [0.5, 0.6) is 5.75 Å². The minimum Gasteiger partial charge on any atom is -0.496 e. The summed E-state index contributed by atoms with van der Waals surface area (Å²) in [6, 6.07) is 18.2. The van der Waals surface area contributed by atoms with Crippen LogP contribution in [0.2, 0.25) is 0 Å². The number of benzene rings is 2. The first-order valence-corrected chi connectivity index (χ1v) is 7.52. The Hall–Kier alpha value is -2.33.